The number of piperidine rings is 1. The van der Waals surface area contributed by atoms with Crippen molar-refractivity contribution in [3.05, 3.63) is 53.9 Å². The van der Waals surface area contributed by atoms with Gasteiger partial charge in [0.1, 0.15) is 24.4 Å². The summed E-state index contributed by atoms with van der Waals surface area (Å²) in [5.41, 5.74) is 4.68. The molecule has 1 amide bonds. The molecule has 1 aliphatic rings. The molecule has 1 aliphatic heterocycles. The Hall–Kier alpha value is -3.26. The van der Waals surface area contributed by atoms with Crippen molar-refractivity contribution < 1.29 is 9.53 Å². The first-order valence-corrected chi connectivity index (χ1v) is 10.6. The summed E-state index contributed by atoms with van der Waals surface area (Å²) in [7, 11) is 1.74. The molecule has 1 atom stereocenters. The highest BCUT2D eigenvalue weighted by Crippen LogP contribution is 2.36. The van der Waals surface area contributed by atoms with Gasteiger partial charge >= 0.3 is 0 Å². The molecule has 4 rings (SSSR count). The van der Waals surface area contributed by atoms with Crippen molar-refractivity contribution in [3.8, 4) is 16.9 Å². The first kappa shape index (κ1) is 21.0. The van der Waals surface area contributed by atoms with Crippen molar-refractivity contribution >= 4 is 11.6 Å². The summed E-state index contributed by atoms with van der Waals surface area (Å²) >= 11 is 0. The summed E-state index contributed by atoms with van der Waals surface area (Å²) < 4.78 is 7.79. The van der Waals surface area contributed by atoms with Crippen molar-refractivity contribution in [2.75, 3.05) is 18.5 Å². The van der Waals surface area contributed by atoms with Crippen molar-refractivity contribution in [2.24, 2.45) is 7.05 Å². The zero-order valence-corrected chi connectivity index (χ0v) is 18.2. The van der Waals surface area contributed by atoms with Gasteiger partial charge in [0.2, 0.25) is 0 Å². The smallest absolute Gasteiger partial charge is 0.273 e. The molecule has 0 unspecified atom stereocenters. The molecule has 2 N–H and O–H groups in total. The number of hydrogen-bond acceptors (Lipinski definition) is 6. The Morgan fingerprint density at radius 2 is 2.03 bits per heavy atom. The molecule has 0 bridgehead atoms. The molecule has 1 fully saturated rings. The van der Waals surface area contributed by atoms with E-state index >= 15 is 0 Å². The Morgan fingerprint density at radius 1 is 1.23 bits per heavy atom. The maximum absolute atomic E-state index is 12.7. The summed E-state index contributed by atoms with van der Waals surface area (Å²) in [5, 5.41) is 10.5. The Kier molecular flexibility index (Phi) is 6.27. The zero-order chi connectivity index (χ0) is 21.8. The fourth-order valence-corrected chi connectivity index (χ4v) is 3.96. The minimum absolute atomic E-state index is 0.219. The van der Waals surface area contributed by atoms with E-state index < -0.39 is 0 Å². The second kappa shape index (κ2) is 9.26. The number of aryl methyl sites for hydroxylation is 3. The molecule has 0 aliphatic carbocycles. The first-order valence-electron chi connectivity index (χ1n) is 10.6. The normalized spacial score (nSPS) is 16.2. The predicted molar refractivity (Wildman–Crippen MR) is 119 cm³/mol. The van der Waals surface area contributed by atoms with Crippen LogP contribution in [0, 0.1) is 13.8 Å². The third kappa shape index (κ3) is 4.74. The van der Waals surface area contributed by atoms with Gasteiger partial charge in [0.25, 0.3) is 5.91 Å². The van der Waals surface area contributed by atoms with E-state index in [4.69, 9.17) is 4.74 Å². The fraction of sp³-hybridized carbons (Fsp3) is 0.391. The number of carbonyl (C=O) groups excluding carboxylic acids is 1. The van der Waals surface area contributed by atoms with Crippen LogP contribution in [0.2, 0.25) is 0 Å². The topological polar surface area (TPSA) is 94.0 Å². The minimum atomic E-state index is -0.219. The van der Waals surface area contributed by atoms with Crippen LogP contribution in [-0.2, 0) is 7.05 Å². The number of nitrogens with one attached hydrogen (secondary N) is 2. The highest BCUT2D eigenvalue weighted by Gasteiger charge is 2.18. The van der Waals surface area contributed by atoms with Crippen LogP contribution in [0.15, 0.2) is 36.8 Å². The molecule has 1 aromatic carbocycles. The Balaban J connectivity index is 1.64. The van der Waals surface area contributed by atoms with Gasteiger partial charge in [-0.05, 0) is 57.5 Å². The SMILES string of the molecule is Cc1ncnc(C)c1-c1cc(NC(=O)c2ccnn2C)ccc1OC[C@H]1CCCCN1. The third-order valence-corrected chi connectivity index (χ3v) is 5.64. The number of hydrogen-bond donors (Lipinski definition) is 2. The second-order valence-corrected chi connectivity index (χ2v) is 7.88. The van der Waals surface area contributed by atoms with Gasteiger partial charge in [0.05, 0.1) is 0 Å². The van der Waals surface area contributed by atoms with E-state index in [1.54, 1.807) is 30.3 Å². The van der Waals surface area contributed by atoms with E-state index in [0.29, 0.717) is 24.0 Å². The molecule has 3 aromatic rings. The number of anilines is 1. The molecule has 3 heterocycles. The standard InChI is InChI=1S/C23H28N6O2/c1-15-22(16(2)26-14-25-15)19-12-17(28-23(30)20-9-11-27-29(20)3)7-8-21(19)31-13-18-6-4-5-10-24-18/h7-9,11-12,14,18,24H,4-6,10,13H2,1-3H3,(H,28,30)/t18-/m1/s1. The lowest BCUT2D eigenvalue weighted by Crippen LogP contribution is -2.38. The number of ether oxygens (including phenoxy) is 1. The zero-order valence-electron chi connectivity index (χ0n) is 18.2. The molecule has 2 aromatic heterocycles. The highest BCUT2D eigenvalue weighted by atomic mass is 16.5. The lowest BCUT2D eigenvalue weighted by molar-refractivity contribution is 0.101. The van der Waals surface area contributed by atoms with Crippen molar-refractivity contribution in [2.45, 2.75) is 39.2 Å². The van der Waals surface area contributed by atoms with Crippen LogP contribution >= 0.6 is 0 Å². The molecule has 31 heavy (non-hydrogen) atoms. The molecular weight excluding hydrogens is 392 g/mol. The van der Waals surface area contributed by atoms with E-state index in [2.05, 4.69) is 25.7 Å². The number of carbonyl (C=O) groups is 1. The molecule has 0 saturated carbocycles. The van der Waals surface area contributed by atoms with Gasteiger partial charge in [0.15, 0.2) is 0 Å². The summed E-state index contributed by atoms with van der Waals surface area (Å²) in [5.74, 6) is 0.538. The average Bonchev–Trinajstić information content (AvgIpc) is 3.20. The Labute approximate surface area is 182 Å². The van der Waals surface area contributed by atoms with E-state index in [1.165, 1.54) is 12.8 Å². The van der Waals surface area contributed by atoms with Gasteiger partial charge in [-0.15, -0.1) is 0 Å². The van der Waals surface area contributed by atoms with Crippen LogP contribution in [0.4, 0.5) is 5.69 Å². The van der Waals surface area contributed by atoms with Crippen molar-refractivity contribution in [3.63, 3.8) is 0 Å². The first-order chi connectivity index (χ1) is 15.0. The van der Waals surface area contributed by atoms with Crippen molar-refractivity contribution in [1.82, 2.24) is 25.1 Å². The molecule has 8 nitrogen and oxygen atoms in total. The van der Waals surface area contributed by atoms with Crippen LogP contribution in [-0.4, -0.2) is 44.8 Å². The highest BCUT2D eigenvalue weighted by molar-refractivity contribution is 6.03. The quantitative estimate of drug-likeness (QED) is 0.636. The molecule has 0 radical (unpaired) electrons. The number of aromatic nitrogens is 4. The number of rotatable bonds is 6. The maximum atomic E-state index is 12.7. The maximum Gasteiger partial charge on any atom is 0.273 e. The average molecular weight is 421 g/mol. The molecular formula is C23H28N6O2. The summed E-state index contributed by atoms with van der Waals surface area (Å²) in [6.07, 6.45) is 6.71. The molecule has 1 saturated heterocycles. The number of amides is 1. The number of nitrogens with zero attached hydrogens (tertiary/aromatic N) is 4. The van der Waals surface area contributed by atoms with Gasteiger partial charge in [-0.1, -0.05) is 6.42 Å². The van der Waals surface area contributed by atoms with Gasteiger partial charge in [0, 0.05) is 47.5 Å². The van der Waals surface area contributed by atoms with Crippen LogP contribution in [0.5, 0.6) is 5.75 Å². The van der Waals surface area contributed by atoms with E-state index in [-0.39, 0.29) is 5.91 Å². The summed E-state index contributed by atoms with van der Waals surface area (Å²) in [6, 6.07) is 7.72. The van der Waals surface area contributed by atoms with Gasteiger partial charge in [-0.3, -0.25) is 9.48 Å². The second-order valence-electron chi connectivity index (χ2n) is 7.88. The summed E-state index contributed by atoms with van der Waals surface area (Å²) in [4.78, 5) is 21.4. The fourth-order valence-electron chi connectivity index (χ4n) is 3.96. The lowest BCUT2D eigenvalue weighted by Gasteiger charge is -2.24. The predicted octanol–water partition coefficient (Wildman–Crippen LogP) is 3.27. The van der Waals surface area contributed by atoms with E-state index in [1.807, 2.05) is 32.0 Å². The van der Waals surface area contributed by atoms with Gasteiger partial charge in [-0.25, -0.2) is 9.97 Å². The lowest BCUT2D eigenvalue weighted by atomic mass is 10.0. The molecule has 8 heteroatoms. The number of benzene rings is 1. The largest absolute Gasteiger partial charge is 0.491 e. The minimum Gasteiger partial charge on any atom is -0.491 e. The van der Waals surface area contributed by atoms with Crippen LogP contribution in [0.1, 0.15) is 41.1 Å². The third-order valence-electron chi connectivity index (χ3n) is 5.64. The van der Waals surface area contributed by atoms with Crippen LogP contribution in [0.25, 0.3) is 11.1 Å². The molecule has 162 valence electrons. The Bertz CT molecular complexity index is 1050. The van der Waals surface area contributed by atoms with Crippen LogP contribution in [0.3, 0.4) is 0 Å². The van der Waals surface area contributed by atoms with Gasteiger partial charge in [-0.2, -0.15) is 5.10 Å². The Morgan fingerprint density at radius 3 is 2.71 bits per heavy atom. The van der Waals surface area contributed by atoms with Crippen LogP contribution < -0.4 is 15.4 Å². The van der Waals surface area contributed by atoms with Gasteiger partial charge < -0.3 is 15.4 Å². The monoisotopic (exact) mass is 420 g/mol. The van der Waals surface area contributed by atoms with E-state index in [0.717, 1.165) is 41.2 Å². The molecule has 0 spiro atoms. The van der Waals surface area contributed by atoms with Crippen molar-refractivity contribution in [1.29, 1.82) is 0 Å². The van der Waals surface area contributed by atoms with E-state index in [9.17, 15) is 4.79 Å². The summed E-state index contributed by atoms with van der Waals surface area (Å²) in [6.45, 7) is 5.54.